The summed E-state index contributed by atoms with van der Waals surface area (Å²) in [6, 6.07) is 14.6. The number of fused-ring (bicyclic) bond motifs is 3. The maximum absolute atomic E-state index is 14.1. The molecule has 0 spiro atoms. The molecule has 2 aromatic carbocycles. The van der Waals surface area contributed by atoms with Gasteiger partial charge >= 0.3 is 0 Å². The van der Waals surface area contributed by atoms with Crippen LogP contribution in [-0.2, 0) is 6.42 Å². The molecule has 0 aliphatic carbocycles. The number of furan rings is 1. The van der Waals surface area contributed by atoms with Gasteiger partial charge in [-0.05, 0) is 24.3 Å². The Morgan fingerprint density at radius 2 is 1.96 bits per heavy atom. The number of nitrogens with zero attached hydrogens (tertiary/aromatic N) is 3. The average Bonchev–Trinajstić information content (AvgIpc) is 3.44. The van der Waals surface area contributed by atoms with Crippen molar-refractivity contribution in [2.75, 3.05) is 11.4 Å². The lowest BCUT2D eigenvalue weighted by Crippen LogP contribution is -2.36. The number of nitrogens with one attached hydrogen (secondary N) is 1. The van der Waals surface area contributed by atoms with Crippen LogP contribution in [0, 0.1) is 5.82 Å². The first-order valence-electron chi connectivity index (χ1n) is 9.10. The second-order valence-electron chi connectivity index (χ2n) is 6.88. The molecule has 0 saturated carbocycles. The number of H-pyrrole nitrogens is 1. The Morgan fingerprint density at radius 1 is 1.07 bits per heavy atom. The maximum atomic E-state index is 14.1. The number of oxazole rings is 1. The number of hydrogen-bond donors (Lipinski definition) is 1. The van der Waals surface area contributed by atoms with Gasteiger partial charge in [-0.25, -0.2) is 9.37 Å². The molecule has 6 rings (SSSR count). The topological polar surface area (TPSA) is 71.1 Å². The van der Waals surface area contributed by atoms with Gasteiger partial charge in [0.2, 0.25) is 0 Å². The summed E-state index contributed by atoms with van der Waals surface area (Å²) in [5, 5.41) is 1.02. The van der Waals surface area contributed by atoms with Crippen molar-refractivity contribution in [2.45, 2.75) is 12.5 Å². The lowest BCUT2D eigenvalue weighted by atomic mass is 10.0. The van der Waals surface area contributed by atoms with Crippen molar-refractivity contribution in [1.29, 1.82) is 0 Å². The van der Waals surface area contributed by atoms with Gasteiger partial charge in [-0.2, -0.15) is 4.98 Å². The Labute approximate surface area is 158 Å². The van der Waals surface area contributed by atoms with E-state index in [1.54, 1.807) is 18.5 Å². The first kappa shape index (κ1) is 15.4. The fourth-order valence-corrected chi connectivity index (χ4v) is 3.93. The molecule has 3 aromatic heterocycles. The van der Waals surface area contributed by atoms with Crippen LogP contribution in [0.3, 0.4) is 0 Å². The normalized spacial score (nSPS) is 16.8. The second kappa shape index (κ2) is 5.69. The average molecular weight is 374 g/mol. The van der Waals surface area contributed by atoms with Gasteiger partial charge in [0.1, 0.15) is 22.9 Å². The smallest absolute Gasteiger partial charge is 0.299 e. The number of anilines is 1. The molecular formula is C21H15FN4O2. The Morgan fingerprint density at radius 3 is 2.86 bits per heavy atom. The van der Waals surface area contributed by atoms with Crippen LogP contribution in [0.1, 0.15) is 23.2 Å². The summed E-state index contributed by atoms with van der Waals surface area (Å²) in [7, 11) is 0. The summed E-state index contributed by atoms with van der Waals surface area (Å²) in [4.78, 5) is 14.2. The Kier molecular flexibility index (Phi) is 3.14. The number of aromatic amines is 1. The van der Waals surface area contributed by atoms with Crippen LogP contribution in [0.5, 0.6) is 0 Å². The van der Waals surface area contributed by atoms with Crippen LogP contribution in [-0.4, -0.2) is 21.5 Å². The number of aromatic nitrogens is 3. The zero-order chi connectivity index (χ0) is 18.7. The van der Waals surface area contributed by atoms with Gasteiger partial charge in [0.25, 0.3) is 6.01 Å². The van der Waals surface area contributed by atoms with E-state index in [4.69, 9.17) is 8.83 Å². The van der Waals surface area contributed by atoms with Crippen LogP contribution in [0.25, 0.3) is 22.1 Å². The highest BCUT2D eigenvalue weighted by molar-refractivity contribution is 5.78. The standard InChI is InChI=1S/C21H15FN4O2/c22-13-5-3-7-16-18(13)25-21(28-16)26-9-8-14-19(24-11-23-14)20(26)17-10-12-4-1-2-6-15(12)27-17/h1-7,10-11,20H,8-9H2,(H,23,24)/t20-/m0/s1. The van der Waals surface area contributed by atoms with Crippen LogP contribution in [0.15, 0.2) is 63.7 Å². The van der Waals surface area contributed by atoms with Crippen molar-refractivity contribution in [2.24, 2.45) is 0 Å². The predicted octanol–water partition coefficient (Wildman–Crippen LogP) is 4.59. The van der Waals surface area contributed by atoms with E-state index < -0.39 is 5.82 Å². The Bertz CT molecular complexity index is 1290. The van der Waals surface area contributed by atoms with E-state index in [9.17, 15) is 4.39 Å². The second-order valence-corrected chi connectivity index (χ2v) is 6.88. The summed E-state index contributed by atoms with van der Waals surface area (Å²) in [5.74, 6) is 0.349. The summed E-state index contributed by atoms with van der Waals surface area (Å²) in [5.41, 5.74) is 3.39. The van der Waals surface area contributed by atoms with E-state index in [-0.39, 0.29) is 11.6 Å². The monoisotopic (exact) mass is 374 g/mol. The largest absolute Gasteiger partial charge is 0.458 e. The van der Waals surface area contributed by atoms with Gasteiger partial charge < -0.3 is 18.7 Å². The van der Waals surface area contributed by atoms with Gasteiger partial charge in [-0.15, -0.1) is 0 Å². The number of benzene rings is 2. The number of imidazole rings is 1. The SMILES string of the molecule is Fc1cccc2oc(N3CCc4[nH]cnc4[C@@H]3c3cc4ccccc4o3)nc12. The van der Waals surface area contributed by atoms with E-state index in [0.717, 1.165) is 34.5 Å². The molecule has 5 aromatic rings. The summed E-state index contributed by atoms with van der Waals surface area (Å²) >= 11 is 0. The molecule has 1 N–H and O–H groups in total. The molecule has 4 heterocycles. The zero-order valence-corrected chi connectivity index (χ0v) is 14.7. The van der Waals surface area contributed by atoms with Gasteiger partial charge in [-0.1, -0.05) is 24.3 Å². The first-order chi connectivity index (χ1) is 13.8. The van der Waals surface area contributed by atoms with Crippen LogP contribution >= 0.6 is 0 Å². The molecule has 0 saturated heterocycles. The quantitative estimate of drug-likeness (QED) is 0.489. The highest BCUT2D eigenvalue weighted by Gasteiger charge is 2.36. The van der Waals surface area contributed by atoms with Crippen molar-refractivity contribution in [3.63, 3.8) is 0 Å². The summed E-state index contributed by atoms with van der Waals surface area (Å²) in [6.45, 7) is 0.644. The molecule has 138 valence electrons. The number of para-hydroxylation sites is 2. The number of hydrogen-bond acceptors (Lipinski definition) is 5. The highest BCUT2D eigenvalue weighted by atomic mass is 19.1. The van der Waals surface area contributed by atoms with Gasteiger partial charge in [-0.3, -0.25) is 0 Å². The third-order valence-corrected chi connectivity index (χ3v) is 5.24. The van der Waals surface area contributed by atoms with E-state index >= 15 is 0 Å². The van der Waals surface area contributed by atoms with Crippen molar-refractivity contribution in [3.8, 4) is 0 Å². The molecule has 0 fully saturated rings. The summed E-state index contributed by atoms with van der Waals surface area (Å²) in [6.07, 6.45) is 2.45. The molecule has 0 radical (unpaired) electrons. The summed E-state index contributed by atoms with van der Waals surface area (Å²) < 4.78 is 26.2. The van der Waals surface area contributed by atoms with Gasteiger partial charge in [0.15, 0.2) is 11.4 Å². The molecule has 28 heavy (non-hydrogen) atoms. The lowest BCUT2D eigenvalue weighted by molar-refractivity contribution is 0.458. The van der Waals surface area contributed by atoms with E-state index in [1.165, 1.54) is 6.07 Å². The Hall–Kier alpha value is -3.61. The molecule has 1 aliphatic heterocycles. The molecule has 6 nitrogen and oxygen atoms in total. The van der Waals surface area contributed by atoms with Crippen molar-refractivity contribution >= 4 is 28.1 Å². The third kappa shape index (κ3) is 2.19. The predicted molar refractivity (Wildman–Crippen MR) is 102 cm³/mol. The third-order valence-electron chi connectivity index (χ3n) is 5.24. The zero-order valence-electron chi connectivity index (χ0n) is 14.7. The molecule has 0 unspecified atom stereocenters. The maximum Gasteiger partial charge on any atom is 0.299 e. The van der Waals surface area contributed by atoms with Crippen molar-refractivity contribution in [1.82, 2.24) is 15.0 Å². The Balaban J connectivity index is 1.54. The highest BCUT2D eigenvalue weighted by Crippen LogP contribution is 2.39. The molecule has 1 aliphatic rings. The molecular weight excluding hydrogens is 359 g/mol. The van der Waals surface area contributed by atoms with Crippen molar-refractivity contribution in [3.05, 3.63) is 77.8 Å². The van der Waals surface area contributed by atoms with E-state index in [2.05, 4.69) is 15.0 Å². The van der Waals surface area contributed by atoms with Crippen LogP contribution in [0.4, 0.5) is 10.4 Å². The van der Waals surface area contributed by atoms with E-state index in [0.29, 0.717) is 18.1 Å². The molecule has 0 amide bonds. The minimum Gasteiger partial charge on any atom is -0.458 e. The molecule has 0 bridgehead atoms. The minimum atomic E-state index is -0.398. The van der Waals surface area contributed by atoms with Gasteiger partial charge in [0, 0.05) is 24.0 Å². The van der Waals surface area contributed by atoms with Crippen LogP contribution in [0.2, 0.25) is 0 Å². The molecule has 7 heteroatoms. The van der Waals surface area contributed by atoms with E-state index in [1.807, 2.05) is 35.2 Å². The number of halogens is 1. The van der Waals surface area contributed by atoms with Crippen molar-refractivity contribution < 1.29 is 13.2 Å². The lowest BCUT2D eigenvalue weighted by Gasteiger charge is -2.32. The first-order valence-corrected chi connectivity index (χ1v) is 9.10. The fourth-order valence-electron chi connectivity index (χ4n) is 3.93. The van der Waals surface area contributed by atoms with Crippen LogP contribution < -0.4 is 4.90 Å². The number of rotatable bonds is 2. The minimum absolute atomic E-state index is 0.230. The molecule has 1 atom stereocenters. The fraction of sp³-hybridized carbons (Fsp3) is 0.143. The van der Waals surface area contributed by atoms with Gasteiger partial charge in [0.05, 0.1) is 12.0 Å².